The van der Waals surface area contributed by atoms with Gasteiger partial charge in [-0.2, -0.15) is 0 Å². The molecule has 0 spiro atoms. The second kappa shape index (κ2) is 9.32. The van der Waals surface area contributed by atoms with Gasteiger partial charge in [-0.15, -0.1) is 0 Å². The van der Waals surface area contributed by atoms with Crippen LogP contribution in [0.5, 0.6) is 11.5 Å². The van der Waals surface area contributed by atoms with Crippen LogP contribution in [0.3, 0.4) is 0 Å². The normalized spacial score (nSPS) is 15.9. The minimum atomic E-state index is -0.269. The van der Waals surface area contributed by atoms with E-state index in [1.807, 2.05) is 49.4 Å². The molecule has 0 unspecified atom stereocenters. The molecule has 0 aromatic heterocycles. The Kier molecular flexibility index (Phi) is 6.59. The molecule has 7 heteroatoms. The summed E-state index contributed by atoms with van der Waals surface area (Å²) >= 11 is 0. The van der Waals surface area contributed by atoms with Gasteiger partial charge in [0.2, 0.25) is 5.91 Å². The molecule has 3 rings (SSSR count). The summed E-state index contributed by atoms with van der Waals surface area (Å²) in [5.41, 5.74) is 3.03. The molecular formula is C22H27N3O4. The maximum absolute atomic E-state index is 12.3. The number of methoxy groups -OCH3 is 2. The molecule has 154 valence electrons. The Bertz CT molecular complexity index is 867. The lowest BCUT2D eigenvalue weighted by atomic mass is 10.1. The van der Waals surface area contributed by atoms with Gasteiger partial charge in [0.1, 0.15) is 0 Å². The SMILES string of the molecule is COc1ccc(CCNC(=O)N[C@H]2CC(=O)N(c3ccc(C)cc3)C2)cc1OC. The van der Waals surface area contributed by atoms with Crippen LogP contribution in [0.4, 0.5) is 10.5 Å². The molecule has 7 nitrogen and oxygen atoms in total. The van der Waals surface area contributed by atoms with Crippen LogP contribution in [0.15, 0.2) is 42.5 Å². The number of aryl methyl sites for hydroxylation is 1. The molecule has 3 amide bonds. The summed E-state index contributed by atoms with van der Waals surface area (Å²) < 4.78 is 10.5. The number of hydrogen-bond acceptors (Lipinski definition) is 4. The molecule has 1 aliphatic heterocycles. The number of anilines is 1. The summed E-state index contributed by atoms with van der Waals surface area (Å²) in [6.07, 6.45) is 0.962. The standard InChI is InChI=1S/C22H27N3O4/c1-15-4-7-18(8-5-15)25-14-17(13-21(25)26)24-22(27)23-11-10-16-6-9-19(28-2)20(12-16)29-3/h4-9,12,17H,10-11,13-14H2,1-3H3,(H2,23,24,27)/t17-/m0/s1. The van der Waals surface area contributed by atoms with Crippen molar-refractivity contribution < 1.29 is 19.1 Å². The smallest absolute Gasteiger partial charge is 0.315 e. The van der Waals surface area contributed by atoms with Crippen LogP contribution in [0, 0.1) is 6.92 Å². The molecule has 1 atom stereocenters. The molecule has 29 heavy (non-hydrogen) atoms. The molecule has 0 radical (unpaired) electrons. The molecule has 0 saturated carbocycles. The third-order valence-electron chi connectivity index (χ3n) is 4.95. The minimum Gasteiger partial charge on any atom is -0.493 e. The summed E-state index contributed by atoms with van der Waals surface area (Å²) in [6.45, 7) is 2.96. The summed E-state index contributed by atoms with van der Waals surface area (Å²) in [6, 6.07) is 13.0. The molecule has 0 bridgehead atoms. The molecular weight excluding hydrogens is 370 g/mol. The van der Waals surface area contributed by atoms with E-state index in [1.165, 1.54) is 0 Å². The first-order chi connectivity index (χ1) is 14.0. The van der Waals surface area contributed by atoms with E-state index >= 15 is 0 Å². The highest BCUT2D eigenvalue weighted by Gasteiger charge is 2.31. The predicted octanol–water partition coefficient (Wildman–Crippen LogP) is 2.66. The van der Waals surface area contributed by atoms with E-state index in [-0.39, 0.29) is 18.0 Å². The number of hydrogen-bond donors (Lipinski definition) is 2. The van der Waals surface area contributed by atoms with E-state index in [1.54, 1.807) is 19.1 Å². The maximum atomic E-state index is 12.3. The van der Waals surface area contributed by atoms with Crippen molar-refractivity contribution in [2.75, 3.05) is 32.2 Å². The van der Waals surface area contributed by atoms with Gasteiger partial charge >= 0.3 is 6.03 Å². The lowest BCUT2D eigenvalue weighted by Crippen LogP contribution is -2.43. The second-order valence-electron chi connectivity index (χ2n) is 7.08. The van der Waals surface area contributed by atoms with Crippen molar-refractivity contribution in [2.45, 2.75) is 25.8 Å². The highest BCUT2D eigenvalue weighted by Crippen LogP contribution is 2.27. The zero-order valence-electron chi connectivity index (χ0n) is 17.0. The van der Waals surface area contributed by atoms with Crippen molar-refractivity contribution in [1.82, 2.24) is 10.6 Å². The second-order valence-corrected chi connectivity index (χ2v) is 7.08. The molecule has 2 aromatic rings. The van der Waals surface area contributed by atoms with Crippen LogP contribution in [0.2, 0.25) is 0 Å². The van der Waals surface area contributed by atoms with Crippen LogP contribution >= 0.6 is 0 Å². The zero-order chi connectivity index (χ0) is 20.8. The van der Waals surface area contributed by atoms with E-state index in [2.05, 4.69) is 10.6 Å². The lowest BCUT2D eigenvalue weighted by Gasteiger charge is -2.17. The number of ether oxygens (including phenoxy) is 2. The number of nitrogens with one attached hydrogen (secondary N) is 2. The molecule has 2 N–H and O–H groups in total. The lowest BCUT2D eigenvalue weighted by molar-refractivity contribution is -0.117. The monoisotopic (exact) mass is 397 g/mol. The Hall–Kier alpha value is -3.22. The van der Waals surface area contributed by atoms with Crippen molar-refractivity contribution in [3.63, 3.8) is 0 Å². The predicted molar refractivity (Wildman–Crippen MR) is 112 cm³/mol. The third kappa shape index (κ3) is 5.19. The summed E-state index contributed by atoms with van der Waals surface area (Å²) in [5.74, 6) is 1.35. The van der Waals surface area contributed by atoms with E-state index in [0.29, 0.717) is 37.4 Å². The number of nitrogens with zero attached hydrogens (tertiary/aromatic N) is 1. The molecule has 2 aromatic carbocycles. The highest BCUT2D eigenvalue weighted by atomic mass is 16.5. The average Bonchev–Trinajstić information content (AvgIpc) is 3.08. The number of rotatable bonds is 7. The Morgan fingerprint density at radius 2 is 1.83 bits per heavy atom. The largest absolute Gasteiger partial charge is 0.493 e. The number of benzene rings is 2. The molecule has 1 fully saturated rings. The summed E-state index contributed by atoms with van der Waals surface area (Å²) in [4.78, 5) is 26.2. The summed E-state index contributed by atoms with van der Waals surface area (Å²) in [5, 5.41) is 5.74. The van der Waals surface area contributed by atoms with E-state index < -0.39 is 0 Å². The fourth-order valence-electron chi connectivity index (χ4n) is 3.37. The maximum Gasteiger partial charge on any atom is 0.315 e. The van der Waals surface area contributed by atoms with Crippen molar-refractivity contribution in [3.8, 4) is 11.5 Å². The van der Waals surface area contributed by atoms with Crippen molar-refractivity contribution in [3.05, 3.63) is 53.6 Å². The molecule has 1 saturated heterocycles. The fraction of sp³-hybridized carbons (Fsp3) is 0.364. The van der Waals surface area contributed by atoms with Gasteiger partial charge in [-0.25, -0.2) is 4.79 Å². The Morgan fingerprint density at radius 3 is 2.52 bits per heavy atom. The number of urea groups is 1. The van der Waals surface area contributed by atoms with Gasteiger partial charge in [0, 0.05) is 25.2 Å². The first-order valence-electron chi connectivity index (χ1n) is 9.62. The average molecular weight is 397 g/mol. The van der Waals surface area contributed by atoms with Crippen molar-refractivity contribution >= 4 is 17.6 Å². The van der Waals surface area contributed by atoms with Gasteiger partial charge in [-0.3, -0.25) is 4.79 Å². The Morgan fingerprint density at radius 1 is 1.10 bits per heavy atom. The third-order valence-corrected chi connectivity index (χ3v) is 4.95. The van der Waals surface area contributed by atoms with E-state index in [4.69, 9.17) is 9.47 Å². The number of amides is 3. The van der Waals surface area contributed by atoms with Crippen LogP contribution in [0.25, 0.3) is 0 Å². The van der Waals surface area contributed by atoms with Crippen LogP contribution in [-0.2, 0) is 11.2 Å². The molecule has 0 aliphatic carbocycles. The fourth-order valence-corrected chi connectivity index (χ4v) is 3.37. The Labute approximate surface area is 171 Å². The van der Waals surface area contributed by atoms with Gasteiger partial charge in [0.05, 0.1) is 20.3 Å². The molecule has 1 aliphatic rings. The van der Waals surface area contributed by atoms with Crippen LogP contribution < -0.4 is 25.0 Å². The molecule has 1 heterocycles. The highest BCUT2D eigenvalue weighted by molar-refractivity contribution is 5.96. The first kappa shape index (κ1) is 20.5. The minimum absolute atomic E-state index is 0.0180. The zero-order valence-corrected chi connectivity index (χ0v) is 17.0. The topological polar surface area (TPSA) is 79.9 Å². The van der Waals surface area contributed by atoms with Gasteiger partial charge < -0.3 is 25.0 Å². The van der Waals surface area contributed by atoms with Crippen LogP contribution in [-0.4, -0.2) is 45.3 Å². The van der Waals surface area contributed by atoms with E-state index in [9.17, 15) is 9.59 Å². The van der Waals surface area contributed by atoms with Gasteiger partial charge in [-0.1, -0.05) is 23.8 Å². The Balaban J connectivity index is 1.46. The van der Waals surface area contributed by atoms with Crippen LogP contribution in [0.1, 0.15) is 17.5 Å². The van der Waals surface area contributed by atoms with Crippen molar-refractivity contribution in [2.24, 2.45) is 0 Å². The van der Waals surface area contributed by atoms with Gasteiger partial charge in [-0.05, 0) is 43.2 Å². The quantitative estimate of drug-likeness (QED) is 0.753. The first-order valence-corrected chi connectivity index (χ1v) is 9.62. The van der Waals surface area contributed by atoms with Gasteiger partial charge in [0.15, 0.2) is 11.5 Å². The van der Waals surface area contributed by atoms with Gasteiger partial charge in [0.25, 0.3) is 0 Å². The van der Waals surface area contributed by atoms with Crippen molar-refractivity contribution in [1.29, 1.82) is 0 Å². The summed E-state index contributed by atoms with van der Waals surface area (Å²) in [7, 11) is 3.19. The number of carbonyl (C=O) groups excluding carboxylic acids is 2. The van der Waals surface area contributed by atoms with E-state index in [0.717, 1.165) is 16.8 Å². The number of carbonyl (C=O) groups is 2.